The molecule has 3 heterocycles. The van der Waals surface area contributed by atoms with Gasteiger partial charge in [0.25, 0.3) is 0 Å². The standard InChI is InChI=1S/C20H22ClN5/c1-14-13-17(21)6-7-18(14)26-15(2)23-24-20(26)16-8-11-25(12-9-16)19-5-3-4-10-22-19/h3-7,10,13,16H,8-9,11-12H2,1-2H3. The molecule has 0 aliphatic carbocycles. The SMILES string of the molecule is Cc1cc(Cl)ccc1-n1c(C)nnc1C1CCN(c2ccccn2)CC1. The highest BCUT2D eigenvalue weighted by Crippen LogP contribution is 2.31. The molecule has 0 atom stereocenters. The van der Waals surface area contributed by atoms with E-state index in [-0.39, 0.29) is 0 Å². The predicted octanol–water partition coefficient (Wildman–Crippen LogP) is 4.32. The summed E-state index contributed by atoms with van der Waals surface area (Å²) in [6, 6.07) is 12.0. The monoisotopic (exact) mass is 367 g/mol. The van der Waals surface area contributed by atoms with Crippen LogP contribution in [0.2, 0.25) is 5.02 Å². The van der Waals surface area contributed by atoms with Crippen LogP contribution < -0.4 is 4.90 Å². The van der Waals surface area contributed by atoms with E-state index in [1.807, 2.05) is 37.4 Å². The molecule has 26 heavy (non-hydrogen) atoms. The number of benzene rings is 1. The van der Waals surface area contributed by atoms with Gasteiger partial charge in [-0.2, -0.15) is 0 Å². The molecule has 3 aromatic rings. The predicted molar refractivity (Wildman–Crippen MR) is 104 cm³/mol. The van der Waals surface area contributed by atoms with Gasteiger partial charge in [0.2, 0.25) is 0 Å². The number of nitrogens with zero attached hydrogens (tertiary/aromatic N) is 5. The fourth-order valence-corrected chi connectivity index (χ4v) is 3.94. The lowest BCUT2D eigenvalue weighted by molar-refractivity contribution is 0.477. The van der Waals surface area contributed by atoms with E-state index in [0.717, 1.165) is 59.7 Å². The minimum atomic E-state index is 0.395. The van der Waals surface area contributed by atoms with Crippen molar-refractivity contribution in [3.63, 3.8) is 0 Å². The maximum atomic E-state index is 6.13. The number of piperidine rings is 1. The molecule has 0 spiro atoms. The number of aryl methyl sites for hydroxylation is 2. The highest BCUT2D eigenvalue weighted by Gasteiger charge is 2.27. The summed E-state index contributed by atoms with van der Waals surface area (Å²) in [5, 5.41) is 9.64. The highest BCUT2D eigenvalue weighted by atomic mass is 35.5. The molecular weight excluding hydrogens is 346 g/mol. The third-order valence-electron chi connectivity index (χ3n) is 5.08. The average Bonchev–Trinajstić information content (AvgIpc) is 3.04. The fraction of sp³-hybridized carbons (Fsp3) is 0.350. The Labute approximate surface area is 158 Å². The van der Waals surface area contributed by atoms with Gasteiger partial charge in [0.15, 0.2) is 0 Å². The average molecular weight is 368 g/mol. The molecule has 0 unspecified atom stereocenters. The van der Waals surface area contributed by atoms with E-state index < -0.39 is 0 Å². The van der Waals surface area contributed by atoms with Crippen molar-refractivity contribution < 1.29 is 0 Å². The van der Waals surface area contributed by atoms with Crippen LogP contribution in [0.1, 0.15) is 36.0 Å². The Morgan fingerprint density at radius 3 is 2.54 bits per heavy atom. The van der Waals surface area contributed by atoms with Crippen molar-refractivity contribution in [2.45, 2.75) is 32.6 Å². The van der Waals surface area contributed by atoms with Crippen LogP contribution in [0.5, 0.6) is 0 Å². The van der Waals surface area contributed by atoms with Crippen LogP contribution in [0, 0.1) is 13.8 Å². The Balaban J connectivity index is 1.58. The minimum Gasteiger partial charge on any atom is -0.357 e. The molecule has 4 rings (SSSR count). The topological polar surface area (TPSA) is 46.8 Å². The van der Waals surface area contributed by atoms with Crippen LogP contribution >= 0.6 is 11.6 Å². The first kappa shape index (κ1) is 17.0. The molecule has 0 bridgehead atoms. The van der Waals surface area contributed by atoms with Gasteiger partial charge in [-0.25, -0.2) is 4.98 Å². The summed E-state index contributed by atoms with van der Waals surface area (Å²) in [5.41, 5.74) is 2.24. The van der Waals surface area contributed by atoms with E-state index in [4.69, 9.17) is 11.6 Å². The summed E-state index contributed by atoms with van der Waals surface area (Å²) in [6.07, 6.45) is 3.94. The molecule has 0 saturated carbocycles. The molecule has 0 amide bonds. The maximum Gasteiger partial charge on any atom is 0.140 e. The van der Waals surface area contributed by atoms with E-state index in [1.54, 1.807) is 0 Å². The number of hydrogen-bond donors (Lipinski definition) is 0. The summed E-state index contributed by atoms with van der Waals surface area (Å²) >= 11 is 6.13. The third kappa shape index (κ3) is 3.19. The zero-order chi connectivity index (χ0) is 18.1. The van der Waals surface area contributed by atoms with E-state index in [2.05, 4.69) is 43.7 Å². The van der Waals surface area contributed by atoms with Crippen LogP contribution in [0.25, 0.3) is 5.69 Å². The van der Waals surface area contributed by atoms with Gasteiger partial charge in [-0.15, -0.1) is 10.2 Å². The summed E-state index contributed by atoms with van der Waals surface area (Å²) < 4.78 is 2.19. The van der Waals surface area contributed by atoms with Crippen molar-refractivity contribution in [3.8, 4) is 5.69 Å². The molecule has 6 heteroatoms. The number of anilines is 1. The van der Waals surface area contributed by atoms with E-state index in [9.17, 15) is 0 Å². The zero-order valence-electron chi connectivity index (χ0n) is 15.1. The lowest BCUT2D eigenvalue weighted by Gasteiger charge is -2.32. The Hall–Kier alpha value is -2.40. The van der Waals surface area contributed by atoms with E-state index >= 15 is 0 Å². The van der Waals surface area contributed by atoms with Crippen molar-refractivity contribution in [2.24, 2.45) is 0 Å². The molecule has 134 valence electrons. The quantitative estimate of drug-likeness (QED) is 0.691. The maximum absolute atomic E-state index is 6.13. The van der Waals surface area contributed by atoms with Gasteiger partial charge in [0.1, 0.15) is 17.5 Å². The third-order valence-corrected chi connectivity index (χ3v) is 5.32. The first-order valence-electron chi connectivity index (χ1n) is 8.98. The molecular formula is C20H22ClN5. The van der Waals surface area contributed by atoms with Crippen molar-refractivity contribution in [2.75, 3.05) is 18.0 Å². The zero-order valence-corrected chi connectivity index (χ0v) is 15.8. The molecule has 0 radical (unpaired) electrons. The van der Waals surface area contributed by atoms with E-state index in [1.165, 1.54) is 0 Å². The highest BCUT2D eigenvalue weighted by molar-refractivity contribution is 6.30. The van der Waals surface area contributed by atoms with Gasteiger partial charge in [-0.05, 0) is 62.6 Å². The second-order valence-electron chi connectivity index (χ2n) is 6.82. The van der Waals surface area contributed by atoms with Crippen molar-refractivity contribution in [1.29, 1.82) is 0 Å². The second kappa shape index (κ2) is 7.08. The number of rotatable bonds is 3. The van der Waals surface area contributed by atoms with Gasteiger partial charge in [0.05, 0.1) is 5.69 Å². The Morgan fingerprint density at radius 2 is 1.85 bits per heavy atom. The summed E-state index contributed by atoms with van der Waals surface area (Å²) in [6.45, 7) is 6.04. The van der Waals surface area contributed by atoms with Crippen LogP contribution in [0.3, 0.4) is 0 Å². The van der Waals surface area contributed by atoms with Gasteiger partial charge in [-0.3, -0.25) is 4.57 Å². The van der Waals surface area contributed by atoms with Crippen LogP contribution in [-0.4, -0.2) is 32.8 Å². The normalized spacial score (nSPS) is 15.4. The molecule has 1 aliphatic rings. The van der Waals surface area contributed by atoms with Gasteiger partial charge in [-0.1, -0.05) is 17.7 Å². The number of aromatic nitrogens is 4. The van der Waals surface area contributed by atoms with Crippen LogP contribution in [0.15, 0.2) is 42.6 Å². The molecule has 1 saturated heterocycles. The molecule has 1 aliphatic heterocycles. The van der Waals surface area contributed by atoms with Crippen LogP contribution in [0.4, 0.5) is 5.82 Å². The molecule has 1 fully saturated rings. The number of pyridine rings is 1. The Kier molecular flexibility index (Phi) is 4.64. The lowest BCUT2D eigenvalue weighted by atomic mass is 9.95. The van der Waals surface area contributed by atoms with Crippen LogP contribution in [-0.2, 0) is 0 Å². The van der Waals surface area contributed by atoms with E-state index in [0.29, 0.717) is 5.92 Å². The molecule has 1 aromatic carbocycles. The Morgan fingerprint density at radius 1 is 1.04 bits per heavy atom. The number of halogens is 1. The second-order valence-corrected chi connectivity index (χ2v) is 7.26. The molecule has 5 nitrogen and oxygen atoms in total. The fourth-order valence-electron chi connectivity index (χ4n) is 3.72. The van der Waals surface area contributed by atoms with Crippen molar-refractivity contribution in [1.82, 2.24) is 19.7 Å². The van der Waals surface area contributed by atoms with Gasteiger partial charge >= 0.3 is 0 Å². The van der Waals surface area contributed by atoms with Crippen molar-refractivity contribution >= 4 is 17.4 Å². The summed E-state index contributed by atoms with van der Waals surface area (Å²) in [4.78, 5) is 6.81. The minimum absolute atomic E-state index is 0.395. The summed E-state index contributed by atoms with van der Waals surface area (Å²) in [7, 11) is 0. The first-order valence-corrected chi connectivity index (χ1v) is 9.35. The Bertz CT molecular complexity index is 898. The smallest absolute Gasteiger partial charge is 0.140 e. The van der Waals surface area contributed by atoms with Gasteiger partial charge in [0, 0.05) is 30.2 Å². The van der Waals surface area contributed by atoms with Gasteiger partial charge < -0.3 is 4.90 Å². The summed E-state index contributed by atoms with van der Waals surface area (Å²) in [5.74, 6) is 3.41. The number of hydrogen-bond acceptors (Lipinski definition) is 4. The lowest BCUT2D eigenvalue weighted by Crippen LogP contribution is -2.34. The first-order chi connectivity index (χ1) is 12.6. The largest absolute Gasteiger partial charge is 0.357 e. The molecule has 0 N–H and O–H groups in total. The molecule has 2 aromatic heterocycles. The van der Waals surface area contributed by atoms with Crippen molar-refractivity contribution in [3.05, 3.63) is 64.8 Å².